The third-order valence-electron chi connectivity index (χ3n) is 4.78. The van der Waals surface area contributed by atoms with Crippen molar-refractivity contribution in [2.24, 2.45) is 0 Å². The quantitative estimate of drug-likeness (QED) is 0.706. The number of hydrogen-bond acceptors (Lipinski definition) is 6. The summed E-state index contributed by atoms with van der Waals surface area (Å²) in [4.78, 5) is 26.8. The zero-order valence-electron chi connectivity index (χ0n) is 17.4. The average molecular weight is 434 g/mol. The number of piperazine rings is 1. The van der Waals surface area contributed by atoms with Crippen molar-refractivity contribution in [2.45, 2.75) is 6.18 Å². The van der Waals surface area contributed by atoms with Crippen LogP contribution in [0.2, 0.25) is 0 Å². The summed E-state index contributed by atoms with van der Waals surface area (Å²) < 4.78 is 38.3. The van der Waals surface area contributed by atoms with Crippen molar-refractivity contribution >= 4 is 23.2 Å². The second kappa shape index (κ2) is 9.78. The van der Waals surface area contributed by atoms with Crippen LogP contribution in [0.3, 0.4) is 0 Å². The van der Waals surface area contributed by atoms with Gasteiger partial charge in [0.25, 0.3) is 0 Å². The molecule has 3 rings (SSSR count). The van der Waals surface area contributed by atoms with Crippen LogP contribution in [0.15, 0.2) is 48.8 Å². The molecule has 7 nitrogen and oxygen atoms in total. The number of benzene rings is 1. The number of rotatable bonds is 6. The highest BCUT2D eigenvalue weighted by molar-refractivity contribution is 5.87. The molecule has 1 fully saturated rings. The molecule has 1 aliphatic heterocycles. The molecule has 0 saturated carbocycles. The molecule has 1 aromatic heterocycles. The Balaban J connectivity index is 1.64. The van der Waals surface area contributed by atoms with E-state index in [-0.39, 0.29) is 5.91 Å². The van der Waals surface area contributed by atoms with Crippen molar-refractivity contribution in [3.8, 4) is 0 Å². The van der Waals surface area contributed by atoms with Gasteiger partial charge in [0.2, 0.25) is 5.91 Å². The van der Waals surface area contributed by atoms with Gasteiger partial charge >= 0.3 is 6.18 Å². The second-order valence-electron chi connectivity index (χ2n) is 7.41. The van der Waals surface area contributed by atoms with E-state index < -0.39 is 11.7 Å². The summed E-state index contributed by atoms with van der Waals surface area (Å²) in [5, 5.41) is 3.04. The molecule has 2 heterocycles. The standard InChI is InChI=1S/C21H25F3N6O/c1-28(2)11-3-4-18(31)29-12-14-30(15-13-29)20-19(25-9-10-26-20)27-17-7-5-16(6-8-17)21(22,23)24/h3-10H,11-15H2,1-2H3,(H,25,27). The van der Waals surface area contributed by atoms with Gasteiger partial charge in [-0.15, -0.1) is 0 Å². The van der Waals surface area contributed by atoms with Crippen LogP contribution in [0.5, 0.6) is 0 Å². The maximum absolute atomic E-state index is 12.8. The highest BCUT2D eigenvalue weighted by Gasteiger charge is 2.30. The zero-order valence-corrected chi connectivity index (χ0v) is 17.4. The highest BCUT2D eigenvalue weighted by atomic mass is 19.4. The minimum absolute atomic E-state index is 0.0243. The molecule has 0 aliphatic carbocycles. The van der Waals surface area contributed by atoms with Crippen LogP contribution in [0.1, 0.15) is 5.56 Å². The van der Waals surface area contributed by atoms with Crippen LogP contribution in [0.25, 0.3) is 0 Å². The van der Waals surface area contributed by atoms with Gasteiger partial charge in [0.1, 0.15) is 0 Å². The summed E-state index contributed by atoms with van der Waals surface area (Å²) in [5.41, 5.74) is -0.229. The molecule has 0 unspecified atom stereocenters. The molecule has 10 heteroatoms. The number of carbonyl (C=O) groups is 1. The Labute approximate surface area is 179 Å². The SMILES string of the molecule is CN(C)CC=CC(=O)N1CCN(c2nccnc2Nc2ccc(C(F)(F)F)cc2)CC1. The van der Waals surface area contributed by atoms with Gasteiger partial charge in [0.05, 0.1) is 5.56 Å². The number of hydrogen-bond donors (Lipinski definition) is 1. The number of nitrogens with one attached hydrogen (secondary N) is 1. The minimum atomic E-state index is -4.38. The predicted octanol–water partition coefficient (Wildman–Crippen LogP) is 3.01. The van der Waals surface area contributed by atoms with E-state index in [1.54, 1.807) is 17.2 Å². The van der Waals surface area contributed by atoms with Crippen LogP contribution in [-0.2, 0) is 11.0 Å². The molecular formula is C21H25F3N6O. The number of halogens is 3. The van der Waals surface area contributed by atoms with Crippen molar-refractivity contribution in [1.82, 2.24) is 19.8 Å². The lowest BCUT2D eigenvalue weighted by atomic mass is 10.2. The first-order chi connectivity index (χ1) is 14.7. The molecule has 31 heavy (non-hydrogen) atoms. The van der Waals surface area contributed by atoms with Crippen molar-refractivity contribution in [2.75, 3.05) is 57.0 Å². The van der Waals surface area contributed by atoms with E-state index in [4.69, 9.17) is 0 Å². The monoisotopic (exact) mass is 434 g/mol. The third kappa shape index (κ3) is 6.17. The third-order valence-corrected chi connectivity index (χ3v) is 4.78. The van der Waals surface area contributed by atoms with E-state index in [0.717, 1.165) is 12.1 Å². The summed E-state index contributed by atoms with van der Waals surface area (Å²) in [6.07, 6.45) is 2.13. The van der Waals surface area contributed by atoms with E-state index >= 15 is 0 Å². The Morgan fingerprint density at radius 2 is 1.74 bits per heavy atom. The number of nitrogens with zero attached hydrogens (tertiary/aromatic N) is 5. The van der Waals surface area contributed by atoms with Gasteiger partial charge in [-0.25, -0.2) is 9.97 Å². The molecule has 1 aliphatic rings. The van der Waals surface area contributed by atoms with E-state index in [2.05, 4.69) is 15.3 Å². The van der Waals surface area contributed by atoms with Crippen molar-refractivity contribution in [3.63, 3.8) is 0 Å². The lowest BCUT2D eigenvalue weighted by molar-refractivity contribution is -0.137. The normalized spacial score (nSPS) is 15.0. The number of amides is 1. The number of carbonyl (C=O) groups excluding carboxylic acids is 1. The number of alkyl halides is 3. The maximum atomic E-state index is 12.8. The zero-order chi connectivity index (χ0) is 22.4. The second-order valence-corrected chi connectivity index (χ2v) is 7.41. The molecule has 1 aromatic carbocycles. The fourth-order valence-electron chi connectivity index (χ4n) is 3.14. The number of likely N-dealkylation sites (N-methyl/N-ethyl adjacent to an activating group) is 1. The first-order valence-corrected chi connectivity index (χ1v) is 9.84. The van der Waals surface area contributed by atoms with Gasteiger partial charge < -0.3 is 20.0 Å². The van der Waals surface area contributed by atoms with Crippen molar-refractivity contribution in [3.05, 3.63) is 54.4 Å². The van der Waals surface area contributed by atoms with Gasteiger partial charge in [-0.1, -0.05) is 6.08 Å². The fraction of sp³-hybridized carbons (Fsp3) is 0.381. The lowest BCUT2D eigenvalue weighted by Crippen LogP contribution is -2.48. The number of anilines is 3. The van der Waals surface area contributed by atoms with Gasteiger partial charge in [0.15, 0.2) is 11.6 Å². The largest absolute Gasteiger partial charge is 0.416 e. The molecule has 166 valence electrons. The number of aromatic nitrogens is 2. The van der Waals surface area contributed by atoms with Crippen LogP contribution in [-0.4, -0.2) is 72.5 Å². The Bertz CT molecular complexity index is 906. The molecule has 0 spiro atoms. The van der Waals surface area contributed by atoms with Crippen molar-refractivity contribution in [1.29, 1.82) is 0 Å². The molecular weight excluding hydrogens is 409 g/mol. The molecule has 0 bridgehead atoms. The van der Waals surface area contributed by atoms with E-state index in [9.17, 15) is 18.0 Å². The molecule has 0 radical (unpaired) electrons. The van der Waals surface area contributed by atoms with Crippen LogP contribution >= 0.6 is 0 Å². The first-order valence-electron chi connectivity index (χ1n) is 9.84. The molecule has 1 saturated heterocycles. The van der Waals surface area contributed by atoms with Crippen LogP contribution in [0, 0.1) is 0 Å². The molecule has 1 N–H and O–H groups in total. The summed E-state index contributed by atoms with van der Waals surface area (Å²) in [7, 11) is 3.87. The Kier molecular flexibility index (Phi) is 7.11. The maximum Gasteiger partial charge on any atom is 0.416 e. The average Bonchev–Trinajstić information content (AvgIpc) is 2.74. The molecule has 1 amide bonds. The topological polar surface area (TPSA) is 64.6 Å². The van der Waals surface area contributed by atoms with Gasteiger partial charge in [-0.05, 0) is 38.4 Å². The van der Waals surface area contributed by atoms with E-state index in [1.165, 1.54) is 18.3 Å². The van der Waals surface area contributed by atoms with Gasteiger partial charge in [-0.2, -0.15) is 13.2 Å². The first kappa shape index (κ1) is 22.5. The Hall–Kier alpha value is -3.14. The minimum Gasteiger partial charge on any atom is -0.350 e. The summed E-state index contributed by atoms with van der Waals surface area (Å²) >= 11 is 0. The summed E-state index contributed by atoms with van der Waals surface area (Å²) in [6, 6.07) is 4.76. The Morgan fingerprint density at radius 3 is 2.35 bits per heavy atom. The van der Waals surface area contributed by atoms with Crippen LogP contribution in [0.4, 0.5) is 30.5 Å². The summed E-state index contributed by atoms with van der Waals surface area (Å²) in [5.74, 6) is 1.02. The highest BCUT2D eigenvalue weighted by Crippen LogP contribution is 2.31. The van der Waals surface area contributed by atoms with E-state index in [1.807, 2.05) is 30.0 Å². The molecule has 0 atom stereocenters. The summed E-state index contributed by atoms with van der Waals surface area (Å²) in [6.45, 7) is 2.94. The van der Waals surface area contributed by atoms with Crippen LogP contribution < -0.4 is 10.2 Å². The van der Waals surface area contributed by atoms with E-state index in [0.29, 0.717) is 50.0 Å². The van der Waals surface area contributed by atoms with Gasteiger partial charge in [0, 0.05) is 56.9 Å². The predicted molar refractivity (Wildman–Crippen MR) is 113 cm³/mol. The van der Waals surface area contributed by atoms with Crippen molar-refractivity contribution < 1.29 is 18.0 Å². The lowest BCUT2D eigenvalue weighted by Gasteiger charge is -2.35. The Morgan fingerprint density at radius 1 is 1.10 bits per heavy atom. The fourth-order valence-corrected chi connectivity index (χ4v) is 3.14. The molecule has 2 aromatic rings. The van der Waals surface area contributed by atoms with Gasteiger partial charge in [-0.3, -0.25) is 4.79 Å². The smallest absolute Gasteiger partial charge is 0.350 e.